The predicted molar refractivity (Wildman–Crippen MR) is 164 cm³/mol. The van der Waals surface area contributed by atoms with Crippen molar-refractivity contribution >= 4 is 21.5 Å². The van der Waals surface area contributed by atoms with Crippen LogP contribution in [0.1, 0.15) is 50.3 Å². The monoisotopic (exact) mass is 488 g/mol. The third-order valence-corrected chi connectivity index (χ3v) is 8.62. The van der Waals surface area contributed by atoms with E-state index < -0.39 is 0 Å². The summed E-state index contributed by atoms with van der Waals surface area (Å²) in [6.07, 6.45) is 0. The lowest BCUT2D eigenvalue weighted by Gasteiger charge is -2.24. The molecule has 0 fully saturated rings. The normalized spacial score (nSPS) is 13.7. The Hall–Kier alpha value is -4.16. The third-order valence-electron chi connectivity index (χ3n) is 8.62. The van der Waals surface area contributed by atoms with Gasteiger partial charge in [0.25, 0.3) is 0 Å². The summed E-state index contributed by atoms with van der Waals surface area (Å²) in [6.45, 7) is 9.37. The van der Waals surface area contributed by atoms with Gasteiger partial charge in [0.05, 0.1) is 0 Å². The van der Waals surface area contributed by atoms with Crippen LogP contribution in [-0.2, 0) is 5.41 Å². The lowest BCUT2D eigenvalue weighted by molar-refractivity contribution is 0.665. The number of hydrogen-bond donors (Lipinski definition) is 0. The highest BCUT2D eigenvalue weighted by atomic mass is 14.4. The van der Waals surface area contributed by atoms with Crippen LogP contribution in [0, 0.1) is 0 Å². The lowest BCUT2D eigenvalue weighted by Crippen LogP contribution is -2.15. The van der Waals surface area contributed by atoms with E-state index in [9.17, 15) is 0 Å². The quantitative estimate of drug-likeness (QED) is 0.217. The number of hydrogen-bond acceptors (Lipinski definition) is 0. The summed E-state index contributed by atoms with van der Waals surface area (Å²) in [7, 11) is 0. The molecule has 0 aliphatic heterocycles. The summed E-state index contributed by atoms with van der Waals surface area (Å²) in [5.74, 6) is 0.514. The highest BCUT2D eigenvalue weighted by Gasteiger charge is 2.37. The van der Waals surface area contributed by atoms with Crippen LogP contribution in [0.4, 0.5) is 0 Å². The molecule has 0 atom stereocenters. The molecule has 1 aliphatic rings. The summed E-state index contributed by atoms with van der Waals surface area (Å²) < 4.78 is 0. The first-order valence-electron chi connectivity index (χ1n) is 13.7. The topological polar surface area (TPSA) is 0 Å². The fraction of sp³-hybridized carbons (Fsp3) is 0.158. The van der Waals surface area contributed by atoms with Crippen LogP contribution >= 0.6 is 0 Å². The zero-order chi connectivity index (χ0) is 26.0. The van der Waals surface area contributed by atoms with Crippen LogP contribution in [0.15, 0.2) is 115 Å². The molecule has 0 N–H and O–H groups in total. The average Bonchev–Trinajstić information content (AvgIpc) is 3.19. The van der Waals surface area contributed by atoms with Gasteiger partial charge in [-0.05, 0) is 89.7 Å². The van der Waals surface area contributed by atoms with Gasteiger partial charge in [-0.25, -0.2) is 0 Å². The molecule has 0 aromatic heterocycles. The molecule has 38 heavy (non-hydrogen) atoms. The number of benzene rings is 6. The highest BCUT2D eigenvalue weighted by Crippen LogP contribution is 2.53. The van der Waals surface area contributed by atoms with Crippen molar-refractivity contribution in [3.8, 4) is 33.4 Å². The SMILES string of the molecule is CC(C)c1ccc2c(c1)-c1ccc3c(cc(-c4ccccc4)c4cc(-c5ccccc5)ccc43)c1C2(C)C. The minimum Gasteiger partial charge on any atom is -0.0622 e. The smallest absolute Gasteiger partial charge is 0.0165 e. The molecule has 7 rings (SSSR count). The zero-order valence-electron chi connectivity index (χ0n) is 22.5. The van der Waals surface area contributed by atoms with E-state index >= 15 is 0 Å². The molecule has 0 heteroatoms. The lowest BCUT2D eigenvalue weighted by atomic mass is 9.78. The average molecular weight is 489 g/mol. The second-order valence-corrected chi connectivity index (χ2v) is 11.6. The largest absolute Gasteiger partial charge is 0.0622 e. The van der Waals surface area contributed by atoms with Crippen LogP contribution < -0.4 is 0 Å². The molecular formula is C38H32. The Labute approximate surface area is 225 Å². The van der Waals surface area contributed by atoms with E-state index in [-0.39, 0.29) is 5.41 Å². The van der Waals surface area contributed by atoms with Gasteiger partial charge in [-0.15, -0.1) is 0 Å². The summed E-state index contributed by atoms with van der Waals surface area (Å²) in [5.41, 5.74) is 12.1. The molecule has 0 saturated heterocycles. The highest BCUT2D eigenvalue weighted by molar-refractivity contribution is 6.17. The second kappa shape index (κ2) is 8.43. The van der Waals surface area contributed by atoms with Crippen LogP contribution in [0.25, 0.3) is 54.9 Å². The standard InChI is InChI=1S/C38H32/c1-24(2)27-16-20-36-34(21-27)31-19-18-30-29-17-15-28(25-11-7-5-8-12-25)22-33(29)32(26-13-9-6-10-14-26)23-35(30)37(31)38(36,3)4/h5-24H,1-4H3. The Kier molecular flexibility index (Phi) is 5.10. The maximum atomic E-state index is 2.47. The first kappa shape index (κ1) is 23.0. The molecule has 0 heterocycles. The van der Waals surface area contributed by atoms with Crippen molar-refractivity contribution in [3.05, 3.63) is 132 Å². The predicted octanol–water partition coefficient (Wildman–Crippen LogP) is 10.8. The Morgan fingerprint density at radius 2 is 1.13 bits per heavy atom. The minimum atomic E-state index is -0.0642. The Bertz CT molecular complexity index is 1840. The van der Waals surface area contributed by atoms with E-state index in [1.807, 2.05) is 0 Å². The van der Waals surface area contributed by atoms with Crippen LogP contribution in [-0.4, -0.2) is 0 Å². The molecule has 0 radical (unpaired) electrons. The van der Waals surface area contributed by atoms with Crippen molar-refractivity contribution in [2.45, 2.75) is 39.0 Å². The van der Waals surface area contributed by atoms with Crippen LogP contribution in [0.5, 0.6) is 0 Å². The molecular weight excluding hydrogens is 456 g/mol. The van der Waals surface area contributed by atoms with Gasteiger partial charge in [0, 0.05) is 5.41 Å². The molecule has 0 saturated carbocycles. The molecule has 6 aromatic rings. The first-order valence-corrected chi connectivity index (χ1v) is 13.7. The fourth-order valence-corrected chi connectivity index (χ4v) is 6.62. The van der Waals surface area contributed by atoms with Crippen molar-refractivity contribution in [2.24, 2.45) is 0 Å². The van der Waals surface area contributed by atoms with Gasteiger partial charge in [0.15, 0.2) is 0 Å². The van der Waals surface area contributed by atoms with Crippen molar-refractivity contribution in [3.63, 3.8) is 0 Å². The molecule has 0 unspecified atom stereocenters. The van der Waals surface area contributed by atoms with E-state index in [1.54, 1.807) is 0 Å². The van der Waals surface area contributed by atoms with E-state index in [4.69, 9.17) is 0 Å². The molecule has 0 nitrogen and oxygen atoms in total. The van der Waals surface area contributed by atoms with Crippen LogP contribution in [0.3, 0.4) is 0 Å². The van der Waals surface area contributed by atoms with E-state index in [2.05, 4.69) is 143 Å². The van der Waals surface area contributed by atoms with Crippen molar-refractivity contribution in [2.75, 3.05) is 0 Å². The molecule has 1 aliphatic carbocycles. The van der Waals surface area contributed by atoms with Crippen molar-refractivity contribution < 1.29 is 0 Å². The van der Waals surface area contributed by atoms with E-state index in [0.717, 1.165) is 0 Å². The third kappa shape index (κ3) is 3.37. The number of rotatable bonds is 3. The van der Waals surface area contributed by atoms with Gasteiger partial charge < -0.3 is 0 Å². The molecule has 0 amide bonds. The minimum absolute atomic E-state index is 0.0642. The van der Waals surface area contributed by atoms with Gasteiger partial charge in [-0.3, -0.25) is 0 Å². The summed E-state index contributed by atoms with van der Waals surface area (Å²) >= 11 is 0. The van der Waals surface area contributed by atoms with Gasteiger partial charge in [-0.2, -0.15) is 0 Å². The zero-order valence-corrected chi connectivity index (χ0v) is 22.5. The van der Waals surface area contributed by atoms with Gasteiger partial charge in [0.2, 0.25) is 0 Å². The van der Waals surface area contributed by atoms with Gasteiger partial charge >= 0.3 is 0 Å². The summed E-state index contributed by atoms with van der Waals surface area (Å²) in [5, 5.41) is 5.33. The number of fused-ring (bicyclic) bond motifs is 7. The second-order valence-electron chi connectivity index (χ2n) is 11.6. The van der Waals surface area contributed by atoms with Crippen LogP contribution in [0.2, 0.25) is 0 Å². The molecule has 0 bridgehead atoms. The Morgan fingerprint density at radius 3 is 1.84 bits per heavy atom. The fourth-order valence-electron chi connectivity index (χ4n) is 6.62. The molecule has 0 spiro atoms. The first-order chi connectivity index (χ1) is 18.4. The maximum Gasteiger partial charge on any atom is 0.0165 e. The molecule has 6 aromatic carbocycles. The van der Waals surface area contributed by atoms with Crippen molar-refractivity contribution in [1.82, 2.24) is 0 Å². The maximum absolute atomic E-state index is 2.47. The summed E-state index contributed by atoms with van der Waals surface area (Å²) in [6, 6.07) is 43.0. The van der Waals surface area contributed by atoms with Gasteiger partial charge in [0.1, 0.15) is 0 Å². The van der Waals surface area contributed by atoms with Crippen molar-refractivity contribution in [1.29, 1.82) is 0 Å². The summed E-state index contributed by atoms with van der Waals surface area (Å²) in [4.78, 5) is 0. The van der Waals surface area contributed by atoms with Gasteiger partial charge in [-0.1, -0.05) is 131 Å². The Morgan fingerprint density at radius 1 is 0.474 bits per heavy atom. The van der Waals surface area contributed by atoms with E-state index in [0.29, 0.717) is 5.92 Å². The molecule has 184 valence electrons. The Balaban J connectivity index is 1.57. The van der Waals surface area contributed by atoms with E-state index in [1.165, 1.54) is 71.6 Å².